The molecule has 6 heteroatoms. The topological polar surface area (TPSA) is 95.5 Å². The quantitative estimate of drug-likeness (QED) is 0.766. The number of rotatable bonds is 5. The molecule has 0 saturated heterocycles. The summed E-state index contributed by atoms with van der Waals surface area (Å²) in [6.45, 7) is 1.83. The van der Waals surface area contributed by atoms with Crippen molar-refractivity contribution in [3.63, 3.8) is 0 Å². The molecular weight excluding hydrogens is 272 g/mol. The molecule has 112 valence electrons. The Kier molecular flexibility index (Phi) is 4.57. The predicted molar refractivity (Wildman–Crippen MR) is 77.2 cm³/mol. The molecule has 1 unspecified atom stereocenters. The van der Waals surface area contributed by atoms with Gasteiger partial charge in [0.25, 0.3) is 5.91 Å². The first-order valence-corrected chi connectivity index (χ1v) is 6.95. The Balaban J connectivity index is 2.09. The number of nitrogens with one attached hydrogen (secondary N) is 2. The van der Waals surface area contributed by atoms with Crippen LogP contribution in [-0.2, 0) is 16.0 Å². The fourth-order valence-corrected chi connectivity index (χ4v) is 2.30. The van der Waals surface area contributed by atoms with Crippen LogP contribution in [0.5, 0.6) is 0 Å². The second-order valence-corrected chi connectivity index (χ2v) is 5.10. The average molecular weight is 290 g/mol. The maximum Gasteiger partial charge on any atom is 0.305 e. The summed E-state index contributed by atoms with van der Waals surface area (Å²) in [4.78, 5) is 34.2. The van der Waals surface area contributed by atoms with Crippen molar-refractivity contribution in [1.82, 2.24) is 5.32 Å². The summed E-state index contributed by atoms with van der Waals surface area (Å²) in [7, 11) is 0. The van der Waals surface area contributed by atoms with Crippen molar-refractivity contribution in [2.45, 2.75) is 38.6 Å². The van der Waals surface area contributed by atoms with Crippen molar-refractivity contribution in [2.75, 3.05) is 5.32 Å². The normalized spacial score (nSPS) is 14.8. The maximum absolute atomic E-state index is 12.2. The number of anilines is 1. The second-order valence-electron chi connectivity index (χ2n) is 5.10. The number of aliphatic carboxylic acids is 1. The molecule has 21 heavy (non-hydrogen) atoms. The van der Waals surface area contributed by atoms with Crippen molar-refractivity contribution < 1.29 is 19.5 Å². The second kappa shape index (κ2) is 6.39. The molecule has 2 rings (SSSR count). The molecular formula is C15H18N2O4. The Labute approximate surface area is 122 Å². The first-order valence-electron chi connectivity index (χ1n) is 6.95. The van der Waals surface area contributed by atoms with Crippen LogP contribution in [0.3, 0.4) is 0 Å². The van der Waals surface area contributed by atoms with Gasteiger partial charge in [0.2, 0.25) is 5.91 Å². The fourth-order valence-electron chi connectivity index (χ4n) is 2.30. The predicted octanol–water partition coefficient (Wildman–Crippen LogP) is 1.55. The van der Waals surface area contributed by atoms with Crippen LogP contribution in [0.4, 0.5) is 5.69 Å². The van der Waals surface area contributed by atoms with Gasteiger partial charge in [0, 0.05) is 23.7 Å². The summed E-state index contributed by atoms with van der Waals surface area (Å²) in [5.41, 5.74) is 2.14. The molecule has 1 aliphatic rings. The van der Waals surface area contributed by atoms with E-state index in [1.54, 1.807) is 18.2 Å². The van der Waals surface area contributed by atoms with E-state index >= 15 is 0 Å². The minimum Gasteiger partial charge on any atom is -0.481 e. The van der Waals surface area contributed by atoms with E-state index < -0.39 is 5.97 Å². The van der Waals surface area contributed by atoms with Crippen molar-refractivity contribution >= 4 is 23.5 Å². The molecule has 1 aromatic rings. The lowest BCUT2D eigenvalue weighted by molar-refractivity contribution is -0.137. The molecule has 3 N–H and O–H groups in total. The van der Waals surface area contributed by atoms with Crippen LogP contribution in [0.2, 0.25) is 0 Å². The number of hydrogen-bond donors (Lipinski definition) is 3. The van der Waals surface area contributed by atoms with Crippen LogP contribution in [0, 0.1) is 0 Å². The SMILES string of the molecule is CCC(CC(=O)O)NC(=O)c1ccc2c(c1)CCC(=O)N2. The molecule has 6 nitrogen and oxygen atoms in total. The number of carboxylic acids is 1. The molecule has 1 aromatic carbocycles. The number of benzene rings is 1. The standard InChI is InChI=1S/C15H18N2O4/c1-2-11(8-14(19)20)16-15(21)10-3-5-12-9(7-10)4-6-13(18)17-12/h3,5,7,11H,2,4,6,8H2,1H3,(H,16,21)(H,17,18)(H,19,20). The minimum absolute atomic E-state index is 0.0211. The van der Waals surface area contributed by atoms with Crippen LogP contribution in [0.15, 0.2) is 18.2 Å². The first kappa shape index (κ1) is 15.0. The van der Waals surface area contributed by atoms with Crippen LogP contribution in [-0.4, -0.2) is 28.9 Å². The van der Waals surface area contributed by atoms with Gasteiger partial charge in [-0.05, 0) is 36.6 Å². The summed E-state index contributed by atoms with van der Waals surface area (Å²) in [5, 5.41) is 14.3. The summed E-state index contributed by atoms with van der Waals surface area (Å²) < 4.78 is 0. The monoisotopic (exact) mass is 290 g/mol. The Morgan fingerprint density at radius 1 is 1.38 bits per heavy atom. The molecule has 2 amide bonds. The van der Waals surface area contributed by atoms with Gasteiger partial charge in [-0.2, -0.15) is 0 Å². The number of amides is 2. The number of carbonyl (C=O) groups excluding carboxylic acids is 2. The highest BCUT2D eigenvalue weighted by Crippen LogP contribution is 2.23. The third-order valence-corrected chi connectivity index (χ3v) is 3.51. The van der Waals surface area contributed by atoms with Gasteiger partial charge >= 0.3 is 5.97 Å². The Morgan fingerprint density at radius 2 is 2.14 bits per heavy atom. The van der Waals surface area contributed by atoms with Gasteiger partial charge in [0.05, 0.1) is 6.42 Å². The van der Waals surface area contributed by atoms with E-state index in [9.17, 15) is 14.4 Å². The van der Waals surface area contributed by atoms with Crippen LogP contribution >= 0.6 is 0 Å². The van der Waals surface area contributed by atoms with Gasteiger partial charge in [-0.15, -0.1) is 0 Å². The van der Waals surface area contributed by atoms with Gasteiger partial charge in [-0.1, -0.05) is 6.92 Å². The van der Waals surface area contributed by atoms with Gasteiger partial charge in [-0.25, -0.2) is 0 Å². The number of carbonyl (C=O) groups is 3. The van der Waals surface area contributed by atoms with E-state index in [0.717, 1.165) is 11.3 Å². The molecule has 1 heterocycles. The smallest absolute Gasteiger partial charge is 0.305 e. The van der Waals surface area contributed by atoms with E-state index in [2.05, 4.69) is 10.6 Å². The summed E-state index contributed by atoms with van der Waals surface area (Å²) in [6.07, 6.45) is 1.48. The lowest BCUT2D eigenvalue weighted by atomic mass is 10.00. The van der Waals surface area contributed by atoms with Crippen LogP contribution in [0.25, 0.3) is 0 Å². The lowest BCUT2D eigenvalue weighted by Crippen LogP contribution is -2.36. The summed E-state index contributed by atoms with van der Waals surface area (Å²) in [6, 6.07) is 4.70. The minimum atomic E-state index is -0.935. The first-order chi connectivity index (χ1) is 9.99. The molecule has 0 radical (unpaired) electrons. The van der Waals surface area contributed by atoms with Crippen molar-refractivity contribution in [3.05, 3.63) is 29.3 Å². The van der Waals surface area contributed by atoms with Gasteiger partial charge in [0.1, 0.15) is 0 Å². The highest BCUT2D eigenvalue weighted by Gasteiger charge is 2.19. The molecule has 0 fully saturated rings. The number of carboxylic acid groups (broad SMARTS) is 1. The zero-order valence-corrected chi connectivity index (χ0v) is 11.8. The highest BCUT2D eigenvalue weighted by molar-refractivity contribution is 5.98. The molecule has 0 bridgehead atoms. The van der Waals surface area contributed by atoms with Crippen LogP contribution in [0.1, 0.15) is 42.1 Å². The van der Waals surface area contributed by atoms with E-state index in [0.29, 0.717) is 24.8 Å². The van der Waals surface area contributed by atoms with Gasteiger partial charge in [-0.3, -0.25) is 14.4 Å². The number of fused-ring (bicyclic) bond motifs is 1. The lowest BCUT2D eigenvalue weighted by Gasteiger charge is -2.19. The van der Waals surface area contributed by atoms with E-state index in [-0.39, 0.29) is 24.3 Å². The van der Waals surface area contributed by atoms with Crippen molar-refractivity contribution in [1.29, 1.82) is 0 Å². The van der Waals surface area contributed by atoms with E-state index in [1.807, 2.05) is 6.92 Å². The third kappa shape index (κ3) is 3.81. The van der Waals surface area contributed by atoms with Crippen molar-refractivity contribution in [3.8, 4) is 0 Å². The molecule has 1 atom stereocenters. The number of hydrogen-bond acceptors (Lipinski definition) is 3. The molecule has 0 aliphatic carbocycles. The molecule has 0 saturated carbocycles. The average Bonchev–Trinajstić information content (AvgIpc) is 2.45. The Morgan fingerprint density at radius 3 is 2.81 bits per heavy atom. The Bertz CT molecular complexity index is 583. The molecule has 1 aliphatic heterocycles. The zero-order valence-electron chi connectivity index (χ0n) is 11.8. The van der Waals surface area contributed by atoms with Crippen molar-refractivity contribution in [2.24, 2.45) is 0 Å². The van der Waals surface area contributed by atoms with E-state index in [4.69, 9.17) is 5.11 Å². The van der Waals surface area contributed by atoms with E-state index in [1.165, 1.54) is 0 Å². The van der Waals surface area contributed by atoms with Crippen LogP contribution < -0.4 is 10.6 Å². The molecule has 0 aromatic heterocycles. The molecule has 0 spiro atoms. The zero-order chi connectivity index (χ0) is 15.4. The number of aryl methyl sites for hydroxylation is 1. The van der Waals surface area contributed by atoms with Gasteiger partial charge < -0.3 is 15.7 Å². The Hall–Kier alpha value is -2.37. The maximum atomic E-state index is 12.2. The fraction of sp³-hybridized carbons (Fsp3) is 0.400. The summed E-state index contributed by atoms with van der Waals surface area (Å²) >= 11 is 0. The summed E-state index contributed by atoms with van der Waals surface area (Å²) in [5.74, 6) is -1.25. The largest absolute Gasteiger partial charge is 0.481 e. The van der Waals surface area contributed by atoms with Gasteiger partial charge in [0.15, 0.2) is 0 Å². The highest BCUT2D eigenvalue weighted by atomic mass is 16.4. The third-order valence-electron chi connectivity index (χ3n) is 3.51.